The minimum Gasteiger partial charge on any atom is -0.480 e. The number of benzene rings is 1. The molecule has 4 nitrogen and oxygen atoms in total. The topological polar surface area (TPSA) is 75.3 Å². The fourth-order valence-electron chi connectivity index (χ4n) is 1.13. The van der Waals surface area contributed by atoms with Crippen molar-refractivity contribution in [2.45, 2.75) is 12.6 Å². The first-order valence-corrected chi connectivity index (χ1v) is 5.43. The zero-order valence-electron chi connectivity index (χ0n) is 8.41. The lowest BCUT2D eigenvalue weighted by molar-refractivity contribution is -0.138. The van der Waals surface area contributed by atoms with Crippen molar-refractivity contribution in [1.29, 1.82) is 0 Å². The Labute approximate surface area is 101 Å². The van der Waals surface area contributed by atoms with Crippen LogP contribution in [0.25, 0.3) is 0 Å². The molecular weight excluding hydrogens is 279 g/mol. The Morgan fingerprint density at radius 2 is 2.31 bits per heavy atom. The maximum absolute atomic E-state index is 13.2. The van der Waals surface area contributed by atoms with Crippen molar-refractivity contribution >= 4 is 21.9 Å². The highest BCUT2D eigenvalue weighted by atomic mass is 79.9. The average molecular weight is 291 g/mol. The SMILES string of the molecule is NC(CNCc1cc(Br)ccc1F)C(=O)O. The quantitative estimate of drug-likeness (QED) is 0.759. The second-order valence-corrected chi connectivity index (χ2v) is 4.23. The number of rotatable bonds is 5. The Bertz CT molecular complexity index is 387. The molecule has 0 aliphatic heterocycles. The van der Waals surface area contributed by atoms with Gasteiger partial charge < -0.3 is 16.2 Å². The van der Waals surface area contributed by atoms with Gasteiger partial charge in [0.25, 0.3) is 0 Å². The molecule has 1 unspecified atom stereocenters. The molecule has 1 rings (SSSR count). The van der Waals surface area contributed by atoms with E-state index in [1.165, 1.54) is 6.07 Å². The van der Waals surface area contributed by atoms with Gasteiger partial charge in [-0.25, -0.2) is 4.39 Å². The van der Waals surface area contributed by atoms with Gasteiger partial charge in [0.15, 0.2) is 0 Å². The van der Waals surface area contributed by atoms with Crippen molar-refractivity contribution in [2.24, 2.45) is 5.73 Å². The van der Waals surface area contributed by atoms with Crippen LogP contribution >= 0.6 is 15.9 Å². The Hall–Kier alpha value is -0.980. The van der Waals surface area contributed by atoms with E-state index in [-0.39, 0.29) is 18.9 Å². The molecular formula is C10H12BrFN2O2. The van der Waals surface area contributed by atoms with Gasteiger partial charge in [0.05, 0.1) is 0 Å². The lowest BCUT2D eigenvalue weighted by Crippen LogP contribution is -2.40. The Morgan fingerprint density at radius 3 is 2.94 bits per heavy atom. The first-order valence-electron chi connectivity index (χ1n) is 4.63. The van der Waals surface area contributed by atoms with Crippen LogP contribution in [0.2, 0.25) is 0 Å². The summed E-state index contributed by atoms with van der Waals surface area (Å²) in [4.78, 5) is 10.4. The van der Waals surface area contributed by atoms with Gasteiger partial charge in [0, 0.05) is 23.1 Å². The monoisotopic (exact) mass is 290 g/mol. The van der Waals surface area contributed by atoms with Gasteiger partial charge in [0.2, 0.25) is 0 Å². The molecule has 88 valence electrons. The molecule has 6 heteroatoms. The molecule has 0 spiro atoms. The van der Waals surface area contributed by atoms with E-state index in [9.17, 15) is 9.18 Å². The van der Waals surface area contributed by atoms with E-state index in [1.54, 1.807) is 12.1 Å². The number of halogens is 2. The second kappa shape index (κ2) is 5.93. The zero-order valence-corrected chi connectivity index (χ0v) is 10.00. The van der Waals surface area contributed by atoms with Crippen LogP contribution in [0.5, 0.6) is 0 Å². The summed E-state index contributed by atoms with van der Waals surface area (Å²) in [5.74, 6) is -1.41. The maximum atomic E-state index is 13.2. The van der Waals surface area contributed by atoms with Crippen molar-refractivity contribution in [1.82, 2.24) is 5.32 Å². The third-order valence-corrected chi connectivity index (χ3v) is 2.50. The van der Waals surface area contributed by atoms with Gasteiger partial charge in [-0.2, -0.15) is 0 Å². The van der Waals surface area contributed by atoms with Crippen LogP contribution < -0.4 is 11.1 Å². The molecule has 0 bridgehead atoms. The summed E-state index contributed by atoms with van der Waals surface area (Å²) < 4.78 is 14.0. The molecule has 1 atom stereocenters. The van der Waals surface area contributed by atoms with E-state index in [0.717, 1.165) is 4.47 Å². The number of hydrogen-bond acceptors (Lipinski definition) is 3. The number of carboxylic acids is 1. The molecule has 0 saturated carbocycles. The first-order chi connectivity index (χ1) is 7.50. The molecule has 0 aromatic heterocycles. The standard InChI is InChI=1S/C10H12BrFN2O2/c11-7-1-2-8(12)6(3-7)4-14-5-9(13)10(15)16/h1-3,9,14H,4-5,13H2,(H,15,16). The number of nitrogens with two attached hydrogens (primary N) is 1. The third kappa shape index (κ3) is 3.88. The second-order valence-electron chi connectivity index (χ2n) is 3.31. The summed E-state index contributed by atoms with van der Waals surface area (Å²) >= 11 is 3.23. The predicted molar refractivity (Wildman–Crippen MR) is 61.4 cm³/mol. The fourth-order valence-corrected chi connectivity index (χ4v) is 1.54. The minimum absolute atomic E-state index is 0.0985. The molecule has 0 amide bonds. The van der Waals surface area contributed by atoms with Crippen LogP contribution in [0.1, 0.15) is 5.56 Å². The van der Waals surface area contributed by atoms with Gasteiger partial charge in [-0.1, -0.05) is 15.9 Å². The lowest BCUT2D eigenvalue weighted by Gasteiger charge is -2.09. The number of nitrogens with one attached hydrogen (secondary N) is 1. The molecule has 0 fully saturated rings. The van der Waals surface area contributed by atoms with Gasteiger partial charge >= 0.3 is 5.97 Å². The molecule has 1 aromatic rings. The van der Waals surface area contributed by atoms with E-state index in [0.29, 0.717) is 5.56 Å². The highest BCUT2D eigenvalue weighted by Crippen LogP contribution is 2.15. The van der Waals surface area contributed by atoms with Crippen molar-refractivity contribution in [3.63, 3.8) is 0 Å². The number of carboxylic acid groups (broad SMARTS) is 1. The van der Waals surface area contributed by atoms with E-state index >= 15 is 0 Å². The summed E-state index contributed by atoms with van der Waals surface area (Å²) in [6.45, 7) is 0.341. The van der Waals surface area contributed by atoms with Crippen LogP contribution in [-0.4, -0.2) is 23.7 Å². The largest absolute Gasteiger partial charge is 0.480 e. The predicted octanol–water partition coefficient (Wildman–Crippen LogP) is 1.09. The van der Waals surface area contributed by atoms with Crippen molar-refractivity contribution in [2.75, 3.05) is 6.54 Å². The van der Waals surface area contributed by atoms with Crippen molar-refractivity contribution in [3.05, 3.63) is 34.1 Å². The Morgan fingerprint density at radius 1 is 1.62 bits per heavy atom. The minimum atomic E-state index is -1.08. The molecule has 16 heavy (non-hydrogen) atoms. The zero-order chi connectivity index (χ0) is 12.1. The Balaban J connectivity index is 2.48. The summed E-state index contributed by atoms with van der Waals surface area (Å²) in [6.07, 6.45) is 0. The van der Waals surface area contributed by atoms with Gasteiger partial charge in [-0.05, 0) is 18.2 Å². The van der Waals surface area contributed by atoms with E-state index in [1.807, 2.05) is 0 Å². The van der Waals surface area contributed by atoms with Gasteiger partial charge in [0.1, 0.15) is 11.9 Å². The molecule has 0 saturated heterocycles. The average Bonchev–Trinajstić information content (AvgIpc) is 2.22. The Kier molecular flexibility index (Phi) is 4.85. The van der Waals surface area contributed by atoms with Crippen LogP contribution in [0.15, 0.2) is 22.7 Å². The third-order valence-electron chi connectivity index (χ3n) is 2.00. The van der Waals surface area contributed by atoms with E-state index in [2.05, 4.69) is 21.2 Å². The van der Waals surface area contributed by atoms with E-state index < -0.39 is 12.0 Å². The fraction of sp³-hybridized carbons (Fsp3) is 0.300. The number of carbonyl (C=O) groups is 1. The van der Waals surface area contributed by atoms with Crippen LogP contribution in [0.4, 0.5) is 4.39 Å². The summed E-state index contributed by atoms with van der Waals surface area (Å²) in [5, 5.41) is 11.3. The summed E-state index contributed by atoms with van der Waals surface area (Å²) in [6, 6.07) is 3.60. The van der Waals surface area contributed by atoms with Crippen LogP contribution in [0.3, 0.4) is 0 Å². The number of aliphatic carboxylic acids is 1. The molecule has 0 radical (unpaired) electrons. The highest BCUT2D eigenvalue weighted by molar-refractivity contribution is 9.10. The molecule has 1 aromatic carbocycles. The van der Waals surface area contributed by atoms with Crippen LogP contribution in [-0.2, 0) is 11.3 Å². The molecule has 0 aliphatic rings. The highest BCUT2D eigenvalue weighted by Gasteiger charge is 2.10. The lowest BCUT2D eigenvalue weighted by atomic mass is 10.2. The van der Waals surface area contributed by atoms with Crippen LogP contribution in [0, 0.1) is 5.82 Å². The smallest absolute Gasteiger partial charge is 0.321 e. The first kappa shape index (κ1) is 13.1. The maximum Gasteiger partial charge on any atom is 0.321 e. The molecule has 4 N–H and O–H groups in total. The van der Waals surface area contributed by atoms with Gasteiger partial charge in [-0.15, -0.1) is 0 Å². The van der Waals surface area contributed by atoms with E-state index in [4.69, 9.17) is 10.8 Å². The van der Waals surface area contributed by atoms with Crippen molar-refractivity contribution < 1.29 is 14.3 Å². The van der Waals surface area contributed by atoms with Crippen molar-refractivity contribution in [3.8, 4) is 0 Å². The normalized spacial score (nSPS) is 12.4. The summed E-state index contributed by atoms with van der Waals surface area (Å²) in [7, 11) is 0. The molecule has 0 aliphatic carbocycles. The summed E-state index contributed by atoms with van der Waals surface area (Å²) in [5.41, 5.74) is 5.75. The molecule has 0 heterocycles. The number of hydrogen-bond donors (Lipinski definition) is 3. The van der Waals surface area contributed by atoms with Gasteiger partial charge in [-0.3, -0.25) is 4.79 Å².